The molecular formula is C35H40N5O5+. The van der Waals surface area contributed by atoms with Gasteiger partial charge in [-0.2, -0.15) is 0 Å². The van der Waals surface area contributed by atoms with Gasteiger partial charge in [0, 0.05) is 48.0 Å². The minimum Gasteiger partial charge on any atom is -0.361 e. The Bertz CT molecular complexity index is 1750. The molecule has 2 aromatic carbocycles. The Balaban J connectivity index is 1.15. The van der Waals surface area contributed by atoms with Crippen molar-refractivity contribution in [2.24, 2.45) is 11.8 Å². The van der Waals surface area contributed by atoms with Crippen molar-refractivity contribution in [2.75, 3.05) is 20.1 Å². The third-order valence-corrected chi connectivity index (χ3v) is 10.9. The van der Waals surface area contributed by atoms with Crippen molar-refractivity contribution in [3.63, 3.8) is 0 Å². The minimum absolute atomic E-state index is 0.197. The third kappa shape index (κ3) is 4.01. The number of ether oxygens (including phenoxy) is 1. The van der Waals surface area contributed by atoms with Crippen molar-refractivity contribution < 1.29 is 29.1 Å². The van der Waals surface area contributed by atoms with E-state index in [1.165, 1.54) is 20.7 Å². The molecule has 234 valence electrons. The zero-order chi connectivity index (χ0) is 31.2. The van der Waals surface area contributed by atoms with E-state index in [0.717, 1.165) is 28.6 Å². The third-order valence-electron chi connectivity index (χ3n) is 10.9. The van der Waals surface area contributed by atoms with Gasteiger partial charge in [-0.15, -0.1) is 0 Å². The fraction of sp³-hybridized carbons (Fsp3) is 0.457. The average molecular weight is 611 g/mol. The summed E-state index contributed by atoms with van der Waals surface area (Å²) in [6.07, 6.45) is 6.48. The molecule has 0 saturated carbocycles. The van der Waals surface area contributed by atoms with E-state index in [0.29, 0.717) is 25.9 Å². The van der Waals surface area contributed by atoms with Crippen molar-refractivity contribution in [3.8, 4) is 0 Å². The molecule has 4 N–H and O–H groups in total. The topological polar surface area (TPSA) is 119 Å². The van der Waals surface area contributed by atoms with Gasteiger partial charge >= 0.3 is 0 Å². The zero-order valence-corrected chi connectivity index (χ0v) is 25.9. The monoisotopic (exact) mass is 610 g/mol. The lowest BCUT2D eigenvalue weighted by Crippen LogP contribution is -3.15. The maximum absolute atomic E-state index is 14.6. The number of nitrogens with zero attached hydrogens (tertiary/aromatic N) is 2. The number of fused-ring (bicyclic) bond motifs is 5. The molecule has 1 unspecified atom stereocenters. The minimum atomic E-state index is -2.06. The van der Waals surface area contributed by atoms with Crippen LogP contribution in [-0.2, 0) is 32.0 Å². The first-order valence-corrected chi connectivity index (χ1v) is 16.2. The van der Waals surface area contributed by atoms with Gasteiger partial charge < -0.3 is 25.2 Å². The van der Waals surface area contributed by atoms with Crippen molar-refractivity contribution in [1.82, 2.24) is 20.1 Å². The van der Waals surface area contributed by atoms with Gasteiger partial charge in [0.25, 0.3) is 11.8 Å². The quantitative estimate of drug-likeness (QED) is 0.347. The lowest BCUT2D eigenvalue weighted by atomic mass is 9.79. The van der Waals surface area contributed by atoms with Crippen LogP contribution in [0.3, 0.4) is 0 Å². The Kier molecular flexibility index (Phi) is 6.33. The second-order valence-electron chi connectivity index (χ2n) is 13.8. The molecule has 45 heavy (non-hydrogen) atoms. The first-order chi connectivity index (χ1) is 21.6. The van der Waals surface area contributed by atoms with Crippen molar-refractivity contribution in [1.29, 1.82) is 0 Å². The maximum atomic E-state index is 14.6. The lowest BCUT2D eigenvalue weighted by molar-refractivity contribution is -0.900. The molecule has 10 heteroatoms. The van der Waals surface area contributed by atoms with Crippen LogP contribution >= 0.6 is 0 Å². The van der Waals surface area contributed by atoms with Crippen LogP contribution in [-0.4, -0.2) is 87.5 Å². The number of nitrogens with one attached hydrogen (secondary N) is 3. The number of carbonyl (C=O) groups excluding carboxylic acids is 3. The zero-order valence-electron chi connectivity index (χ0n) is 25.9. The SMILES string of the molecule is CC(C)[C@]1(NC(=O)[C@H]2C=C3c4cccc5[nH]cc(c45)C[C@H]3[NH+](C)C2)O[C@@]2(O)[C@H]3CCCN3C(=O)[C@@H](Cc3ccccc3)N2C1=O. The fourth-order valence-corrected chi connectivity index (χ4v) is 8.60. The van der Waals surface area contributed by atoms with Crippen LogP contribution < -0.4 is 10.2 Å². The second-order valence-corrected chi connectivity index (χ2v) is 13.8. The first kappa shape index (κ1) is 28.5. The van der Waals surface area contributed by atoms with E-state index in [4.69, 9.17) is 4.74 Å². The molecule has 3 saturated heterocycles. The Morgan fingerprint density at radius 3 is 2.76 bits per heavy atom. The maximum Gasteiger partial charge on any atom is 0.281 e. The molecular weight excluding hydrogens is 570 g/mol. The van der Waals surface area contributed by atoms with Gasteiger partial charge in [0.05, 0.1) is 13.6 Å². The number of likely N-dealkylation sites (N-methyl/N-ethyl adjacent to an activating group) is 1. The van der Waals surface area contributed by atoms with E-state index >= 15 is 0 Å². The number of carbonyl (C=O) groups is 3. The van der Waals surface area contributed by atoms with Crippen LogP contribution in [0.1, 0.15) is 43.4 Å². The summed E-state index contributed by atoms with van der Waals surface area (Å²) < 4.78 is 6.50. The highest BCUT2D eigenvalue weighted by atomic mass is 16.7. The molecule has 1 aromatic heterocycles. The Morgan fingerprint density at radius 1 is 1.18 bits per heavy atom. The molecule has 7 atom stereocenters. The van der Waals surface area contributed by atoms with E-state index in [-0.39, 0.29) is 24.3 Å². The summed E-state index contributed by atoms with van der Waals surface area (Å²) in [5, 5.41) is 16.5. The summed E-state index contributed by atoms with van der Waals surface area (Å²) >= 11 is 0. The number of aliphatic hydroxyl groups is 1. The van der Waals surface area contributed by atoms with Crippen LogP contribution in [0.5, 0.6) is 0 Å². The highest BCUT2D eigenvalue weighted by Crippen LogP contribution is 2.48. The molecule has 3 amide bonds. The number of amides is 3. The van der Waals surface area contributed by atoms with E-state index in [1.54, 1.807) is 4.90 Å². The molecule has 1 aliphatic carbocycles. The standard InChI is InChI=1S/C35H39N5O5/c1-20(2)34(37-31(41)23-16-25-24-11-7-12-26-30(24)22(18-36-26)17-27(25)38(3)19-23)33(43)40-28(15-21-9-5-4-6-10-21)32(42)39-14-8-13-29(39)35(40,44)45-34/h4-7,9-12,16,18,20,23,27-29,36,44H,8,13-15,17,19H2,1-3H3,(H,37,41)/p+1/t23-,27+,28+,29+,34-,35-/m0/s1. The summed E-state index contributed by atoms with van der Waals surface area (Å²) in [6, 6.07) is 14.3. The van der Waals surface area contributed by atoms with Gasteiger partial charge in [-0.25, -0.2) is 0 Å². The Morgan fingerprint density at radius 2 is 1.98 bits per heavy atom. The highest BCUT2D eigenvalue weighted by Gasteiger charge is 2.72. The molecule has 3 aromatic rings. The number of benzene rings is 2. The normalized spacial score (nSPS) is 33.7. The fourth-order valence-electron chi connectivity index (χ4n) is 8.60. The predicted molar refractivity (Wildman–Crippen MR) is 166 cm³/mol. The number of aromatic amines is 1. The largest absolute Gasteiger partial charge is 0.361 e. The van der Waals surface area contributed by atoms with Crippen LogP contribution in [0.4, 0.5) is 0 Å². The molecule has 3 fully saturated rings. The summed E-state index contributed by atoms with van der Waals surface area (Å²) in [6.45, 7) is 4.66. The molecule has 0 bridgehead atoms. The van der Waals surface area contributed by atoms with Crippen molar-refractivity contribution in [3.05, 3.63) is 77.5 Å². The Hall–Kier alpha value is -3.99. The average Bonchev–Trinajstić information content (AvgIpc) is 3.74. The summed E-state index contributed by atoms with van der Waals surface area (Å²) in [7, 11) is 2.11. The lowest BCUT2D eigenvalue weighted by Gasteiger charge is -2.48. The summed E-state index contributed by atoms with van der Waals surface area (Å²) in [5.41, 5.74) is 3.69. The summed E-state index contributed by atoms with van der Waals surface area (Å²) in [4.78, 5) is 50.3. The molecule has 0 spiro atoms. The highest BCUT2D eigenvalue weighted by molar-refractivity contribution is 6.00. The van der Waals surface area contributed by atoms with Crippen LogP contribution in [0.2, 0.25) is 0 Å². The molecule has 5 heterocycles. The van der Waals surface area contributed by atoms with E-state index in [1.807, 2.05) is 50.2 Å². The molecule has 10 nitrogen and oxygen atoms in total. The first-order valence-electron chi connectivity index (χ1n) is 16.2. The van der Waals surface area contributed by atoms with Crippen LogP contribution in [0.15, 0.2) is 60.8 Å². The van der Waals surface area contributed by atoms with Gasteiger partial charge in [-0.05, 0) is 35.6 Å². The van der Waals surface area contributed by atoms with Gasteiger partial charge in [-0.3, -0.25) is 24.0 Å². The van der Waals surface area contributed by atoms with Crippen LogP contribution in [0.25, 0.3) is 16.5 Å². The number of hydrogen-bond donors (Lipinski definition) is 4. The molecule has 4 aliphatic heterocycles. The van der Waals surface area contributed by atoms with Crippen molar-refractivity contribution >= 4 is 34.2 Å². The van der Waals surface area contributed by atoms with Gasteiger partial charge in [-0.1, -0.05) is 62.4 Å². The smallest absolute Gasteiger partial charge is 0.281 e. The molecule has 8 rings (SSSR count). The number of H-pyrrole nitrogens is 1. The van der Waals surface area contributed by atoms with E-state index in [9.17, 15) is 19.5 Å². The molecule has 0 radical (unpaired) electrons. The van der Waals surface area contributed by atoms with E-state index in [2.05, 4.69) is 41.8 Å². The van der Waals surface area contributed by atoms with Gasteiger partial charge in [0.2, 0.25) is 17.5 Å². The number of rotatable bonds is 5. The number of hydrogen-bond acceptors (Lipinski definition) is 5. The summed E-state index contributed by atoms with van der Waals surface area (Å²) in [5.74, 6) is -4.19. The Labute approximate surface area is 262 Å². The van der Waals surface area contributed by atoms with Gasteiger partial charge in [0.1, 0.15) is 24.0 Å². The number of piperazine rings is 1. The molecule has 5 aliphatic rings. The van der Waals surface area contributed by atoms with Gasteiger partial charge in [0.15, 0.2) is 0 Å². The van der Waals surface area contributed by atoms with Crippen molar-refractivity contribution in [2.45, 2.75) is 69.3 Å². The second kappa shape index (κ2) is 10.0. The number of aromatic nitrogens is 1. The number of quaternary nitrogens is 1. The predicted octanol–water partition coefficient (Wildman–Crippen LogP) is 1.21. The van der Waals surface area contributed by atoms with Crippen LogP contribution in [0, 0.1) is 11.8 Å². The van der Waals surface area contributed by atoms with E-state index < -0.39 is 41.5 Å².